The highest BCUT2D eigenvalue weighted by molar-refractivity contribution is 9.10. The van der Waals surface area contributed by atoms with Crippen molar-refractivity contribution in [3.8, 4) is 0 Å². The van der Waals surface area contributed by atoms with Crippen molar-refractivity contribution in [3.63, 3.8) is 0 Å². The van der Waals surface area contributed by atoms with E-state index in [1.54, 1.807) is 11.3 Å². The van der Waals surface area contributed by atoms with E-state index in [2.05, 4.69) is 57.1 Å². The van der Waals surface area contributed by atoms with Crippen molar-refractivity contribution in [1.29, 1.82) is 0 Å². The van der Waals surface area contributed by atoms with Gasteiger partial charge in [-0.3, -0.25) is 0 Å². The van der Waals surface area contributed by atoms with Crippen molar-refractivity contribution in [1.82, 2.24) is 4.98 Å². The Bertz CT molecular complexity index is 495. The zero-order valence-corrected chi connectivity index (χ0v) is 12.7. The van der Waals surface area contributed by atoms with E-state index in [1.807, 2.05) is 6.20 Å². The van der Waals surface area contributed by atoms with E-state index in [-0.39, 0.29) is 0 Å². The number of nitrogens with zero attached hydrogens (tertiary/aromatic N) is 2. The quantitative estimate of drug-likeness (QED) is 0.918. The number of hydrogen-bond donors (Lipinski definition) is 1. The molecule has 18 heavy (non-hydrogen) atoms. The predicted molar refractivity (Wildman–Crippen MR) is 81.1 cm³/mol. The normalized spacial score (nSPS) is 10.6. The molecular weight excluding hydrogens is 310 g/mol. The van der Waals surface area contributed by atoms with Crippen LogP contribution in [0, 0.1) is 0 Å². The third kappa shape index (κ3) is 3.54. The molecule has 0 unspecified atom stereocenters. The van der Waals surface area contributed by atoms with Crippen LogP contribution in [0.4, 0.5) is 5.13 Å². The van der Waals surface area contributed by atoms with Gasteiger partial charge in [-0.05, 0) is 24.1 Å². The molecule has 1 aromatic heterocycles. The van der Waals surface area contributed by atoms with Crippen molar-refractivity contribution in [2.45, 2.75) is 13.0 Å². The monoisotopic (exact) mass is 325 g/mol. The lowest BCUT2D eigenvalue weighted by Crippen LogP contribution is -2.19. The maximum Gasteiger partial charge on any atom is 0.185 e. The molecule has 1 heterocycles. The summed E-state index contributed by atoms with van der Waals surface area (Å²) in [6.45, 7) is 1.53. The van der Waals surface area contributed by atoms with Crippen LogP contribution in [0.5, 0.6) is 0 Å². The third-order valence-corrected chi connectivity index (χ3v) is 4.38. The first-order valence-electron chi connectivity index (χ1n) is 5.79. The molecule has 1 aromatic carbocycles. The molecule has 0 amide bonds. The molecule has 0 saturated carbocycles. The van der Waals surface area contributed by atoms with Crippen molar-refractivity contribution in [2.24, 2.45) is 5.73 Å². The summed E-state index contributed by atoms with van der Waals surface area (Å²) in [5.74, 6) is 0. The molecule has 0 spiro atoms. The largest absolute Gasteiger partial charge is 0.351 e. The number of nitrogens with two attached hydrogens (primary N) is 1. The van der Waals surface area contributed by atoms with Crippen LogP contribution in [0.2, 0.25) is 0 Å². The van der Waals surface area contributed by atoms with Crippen LogP contribution in [0.1, 0.15) is 10.4 Å². The number of likely N-dealkylation sites (N-methyl/N-ethyl adjacent to an activating group) is 1. The molecule has 0 saturated heterocycles. The summed E-state index contributed by atoms with van der Waals surface area (Å²) in [4.78, 5) is 7.67. The van der Waals surface area contributed by atoms with Gasteiger partial charge in [0.1, 0.15) is 0 Å². The van der Waals surface area contributed by atoms with E-state index < -0.39 is 0 Å². The van der Waals surface area contributed by atoms with E-state index in [1.165, 1.54) is 5.56 Å². The second kappa shape index (κ2) is 6.31. The van der Waals surface area contributed by atoms with Crippen LogP contribution in [-0.4, -0.2) is 18.6 Å². The van der Waals surface area contributed by atoms with Gasteiger partial charge in [0.25, 0.3) is 0 Å². The fourth-order valence-electron chi connectivity index (χ4n) is 1.61. The lowest BCUT2D eigenvalue weighted by Gasteiger charge is -2.15. The van der Waals surface area contributed by atoms with Crippen molar-refractivity contribution in [3.05, 3.63) is 45.4 Å². The van der Waals surface area contributed by atoms with Crippen LogP contribution < -0.4 is 10.6 Å². The van der Waals surface area contributed by atoms with Gasteiger partial charge in [-0.25, -0.2) is 4.98 Å². The first-order chi connectivity index (χ1) is 8.69. The molecule has 5 heteroatoms. The molecule has 0 radical (unpaired) electrons. The average molecular weight is 326 g/mol. The first-order valence-corrected chi connectivity index (χ1v) is 7.40. The molecule has 2 rings (SSSR count). The third-order valence-electron chi connectivity index (χ3n) is 2.72. The summed E-state index contributed by atoms with van der Waals surface area (Å²) in [6, 6.07) is 8.44. The number of anilines is 1. The van der Waals surface area contributed by atoms with Gasteiger partial charge < -0.3 is 10.6 Å². The van der Waals surface area contributed by atoms with Gasteiger partial charge in [0.2, 0.25) is 0 Å². The second-order valence-electron chi connectivity index (χ2n) is 4.11. The molecule has 0 atom stereocenters. The molecule has 0 fully saturated rings. The number of benzene rings is 1. The Morgan fingerprint density at radius 3 is 2.67 bits per heavy atom. The minimum atomic E-state index is 0.568. The lowest BCUT2D eigenvalue weighted by atomic mass is 10.1. The Hall–Kier alpha value is -0.910. The Morgan fingerprint density at radius 2 is 2.06 bits per heavy atom. The van der Waals surface area contributed by atoms with Crippen molar-refractivity contribution < 1.29 is 0 Å². The fourth-order valence-corrected chi connectivity index (χ4v) is 2.65. The zero-order valence-electron chi connectivity index (χ0n) is 10.3. The highest BCUT2D eigenvalue weighted by Gasteiger charge is 2.06. The standard InChI is InChI=1S/C13H16BrN3S/c1-17(13-16-9-12(8-15)18-13)7-6-10-2-4-11(14)5-3-10/h2-5,9H,6-8,15H2,1H3. The van der Waals surface area contributed by atoms with E-state index in [0.717, 1.165) is 27.4 Å². The number of halogens is 1. The smallest absolute Gasteiger partial charge is 0.185 e. The van der Waals surface area contributed by atoms with Crippen LogP contribution in [0.15, 0.2) is 34.9 Å². The van der Waals surface area contributed by atoms with Gasteiger partial charge >= 0.3 is 0 Å². The van der Waals surface area contributed by atoms with Crippen LogP contribution >= 0.6 is 27.3 Å². The maximum atomic E-state index is 5.59. The maximum absolute atomic E-state index is 5.59. The average Bonchev–Trinajstić information content (AvgIpc) is 2.86. The van der Waals surface area contributed by atoms with Gasteiger partial charge in [0.15, 0.2) is 5.13 Å². The summed E-state index contributed by atoms with van der Waals surface area (Å²) >= 11 is 5.10. The number of thiazole rings is 1. The Morgan fingerprint density at radius 1 is 1.33 bits per heavy atom. The van der Waals surface area contributed by atoms with Crippen LogP contribution in [-0.2, 0) is 13.0 Å². The summed E-state index contributed by atoms with van der Waals surface area (Å²) in [7, 11) is 2.07. The highest BCUT2D eigenvalue weighted by atomic mass is 79.9. The van der Waals surface area contributed by atoms with Crippen LogP contribution in [0.25, 0.3) is 0 Å². The second-order valence-corrected chi connectivity index (χ2v) is 6.12. The number of hydrogen-bond acceptors (Lipinski definition) is 4. The summed E-state index contributed by atoms with van der Waals surface area (Å²) < 4.78 is 1.12. The summed E-state index contributed by atoms with van der Waals surface area (Å²) in [5, 5.41) is 1.03. The summed E-state index contributed by atoms with van der Waals surface area (Å²) in [6.07, 6.45) is 2.87. The van der Waals surface area contributed by atoms with E-state index in [9.17, 15) is 0 Å². The Balaban J connectivity index is 1.91. The molecule has 3 nitrogen and oxygen atoms in total. The van der Waals surface area contributed by atoms with Crippen molar-refractivity contribution >= 4 is 32.4 Å². The van der Waals surface area contributed by atoms with Gasteiger partial charge in [0.05, 0.1) is 0 Å². The Kier molecular flexibility index (Phi) is 4.74. The Labute approximate surface area is 120 Å². The number of rotatable bonds is 5. The van der Waals surface area contributed by atoms with Gasteiger partial charge in [-0.15, -0.1) is 11.3 Å². The summed E-state index contributed by atoms with van der Waals surface area (Å²) in [5.41, 5.74) is 6.92. The van der Waals surface area contributed by atoms with Gasteiger partial charge in [0, 0.05) is 35.7 Å². The lowest BCUT2D eigenvalue weighted by molar-refractivity contribution is 0.871. The zero-order chi connectivity index (χ0) is 13.0. The molecular formula is C13H16BrN3S. The first kappa shape index (κ1) is 13.5. The number of aromatic nitrogens is 1. The topological polar surface area (TPSA) is 42.2 Å². The van der Waals surface area contributed by atoms with E-state index >= 15 is 0 Å². The fraction of sp³-hybridized carbons (Fsp3) is 0.308. The van der Waals surface area contributed by atoms with Crippen molar-refractivity contribution in [2.75, 3.05) is 18.5 Å². The van der Waals surface area contributed by atoms with Gasteiger partial charge in [-0.2, -0.15) is 0 Å². The van der Waals surface area contributed by atoms with Gasteiger partial charge in [-0.1, -0.05) is 28.1 Å². The molecule has 96 valence electrons. The van der Waals surface area contributed by atoms with Crippen LogP contribution in [0.3, 0.4) is 0 Å². The molecule has 2 aromatic rings. The molecule has 0 bridgehead atoms. The molecule has 0 aliphatic heterocycles. The molecule has 2 N–H and O–H groups in total. The van der Waals surface area contributed by atoms with E-state index in [4.69, 9.17) is 5.73 Å². The molecule has 0 aliphatic carbocycles. The molecule has 0 aliphatic rings. The highest BCUT2D eigenvalue weighted by Crippen LogP contribution is 2.21. The SMILES string of the molecule is CN(CCc1ccc(Br)cc1)c1ncc(CN)s1. The minimum absolute atomic E-state index is 0.568. The predicted octanol–water partition coefficient (Wildman–Crippen LogP) is 3.04. The van der Waals surface area contributed by atoms with E-state index in [0.29, 0.717) is 6.54 Å². The minimum Gasteiger partial charge on any atom is -0.351 e.